The molecular weight excluding hydrogens is 399 g/mol. The number of hydrogen-bond donors (Lipinski definition) is 1. The highest BCUT2D eigenvalue weighted by molar-refractivity contribution is 6.36. The van der Waals surface area contributed by atoms with Crippen molar-refractivity contribution in [3.8, 4) is 5.75 Å². The molecule has 0 atom stereocenters. The maximum absolute atomic E-state index is 12.6. The molecule has 1 heterocycles. The van der Waals surface area contributed by atoms with Gasteiger partial charge in [0.25, 0.3) is 11.8 Å². The Bertz CT molecular complexity index is 847. The molecule has 3 rings (SSSR count). The molecule has 1 aliphatic rings. The van der Waals surface area contributed by atoms with Crippen molar-refractivity contribution in [3.63, 3.8) is 0 Å². The summed E-state index contributed by atoms with van der Waals surface area (Å²) in [6.07, 6.45) is 1.38. The van der Waals surface area contributed by atoms with E-state index in [9.17, 15) is 9.59 Å². The lowest BCUT2D eigenvalue weighted by atomic mass is 10.0. The number of benzene rings is 2. The first kappa shape index (κ1) is 20.5. The quantitative estimate of drug-likeness (QED) is 0.791. The molecule has 0 spiro atoms. The van der Waals surface area contributed by atoms with Crippen LogP contribution in [0.4, 0.5) is 0 Å². The molecule has 5 nitrogen and oxygen atoms in total. The van der Waals surface area contributed by atoms with Crippen LogP contribution in [0.3, 0.4) is 0 Å². The van der Waals surface area contributed by atoms with Gasteiger partial charge in [0.15, 0.2) is 6.61 Å². The number of halogens is 2. The topological polar surface area (TPSA) is 58.6 Å². The van der Waals surface area contributed by atoms with Gasteiger partial charge in [-0.3, -0.25) is 9.59 Å². The number of nitrogens with one attached hydrogen (secondary N) is 1. The number of rotatable bonds is 5. The van der Waals surface area contributed by atoms with E-state index in [1.807, 2.05) is 31.2 Å². The minimum absolute atomic E-state index is 0.0252. The summed E-state index contributed by atoms with van der Waals surface area (Å²) in [5, 5.41) is 3.82. The molecule has 1 saturated heterocycles. The average molecular weight is 421 g/mol. The second-order valence-electron chi connectivity index (χ2n) is 6.86. The van der Waals surface area contributed by atoms with E-state index >= 15 is 0 Å². The molecule has 0 bridgehead atoms. The Labute approximate surface area is 174 Å². The van der Waals surface area contributed by atoms with Crippen molar-refractivity contribution in [3.05, 3.63) is 63.6 Å². The van der Waals surface area contributed by atoms with E-state index < -0.39 is 0 Å². The molecule has 2 aromatic carbocycles. The summed E-state index contributed by atoms with van der Waals surface area (Å²) in [6.45, 7) is 3.08. The maximum atomic E-state index is 12.6. The van der Waals surface area contributed by atoms with E-state index in [1.165, 1.54) is 0 Å². The van der Waals surface area contributed by atoms with Crippen molar-refractivity contribution in [2.24, 2.45) is 0 Å². The molecule has 148 valence electrons. The number of nitrogens with zero attached hydrogens (tertiary/aromatic N) is 1. The van der Waals surface area contributed by atoms with E-state index in [0.29, 0.717) is 47.3 Å². The zero-order valence-corrected chi connectivity index (χ0v) is 17.1. The van der Waals surface area contributed by atoms with Gasteiger partial charge in [0.2, 0.25) is 0 Å². The number of amides is 2. The Kier molecular flexibility index (Phi) is 6.81. The van der Waals surface area contributed by atoms with Gasteiger partial charge in [0, 0.05) is 24.2 Å². The van der Waals surface area contributed by atoms with Crippen LogP contribution in [-0.4, -0.2) is 42.5 Å². The monoisotopic (exact) mass is 420 g/mol. The number of carbonyl (C=O) groups excluding carboxylic acids is 2. The van der Waals surface area contributed by atoms with E-state index in [-0.39, 0.29) is 24.5 Å². The van der Waals surface area contributed by atoms with Crippen molar-refractivity contribution < 1.29 is 14.3 Å². The molecule has 1 fully saturated rings. The van der Waals surface area contributed by atoms with Crippen LogP contribution < -0.4 is 10.1 Å². The Morgan fingerprint density at radius 3 is 2.43 bits per heavy atom. The summed E-state index contributed by atoms with van der Waals surface area (Å²) < 4.78 is 5.50. The molecule has 1 aliphatic heterocycles. The second kappa shape index (κ2) is 9.30. The Morgan fingerprint density at radius 2 is 1.79 bits per heavy atom. The molecule has 1 N–H and O–H groups in total. The van der Waals surface area contributed by atoms with Crippen LogP contribution in [0.5, 0.6) is 5.75 Å². The predicted octanol–water partition coefficient (Wildman–Crippen LogP) is 4.10. The van der Waals surface area contributed by atoms with Crippen molar-refractivity contribution in [1.29, 1.82) is 0 Å². The summed E-state index contributed by atoms with van der Waals surface area (Å²) in [4.78, 5) is 26.5. The third kappa shape index (κ3) is 5.40. The van der Waals surface area contributed by atoms with Gasteiger partial charge in [0.05, 0.1) is 10.6 Å². The van der Waals surface area contributed by atoms with Gasteiger partial charge in [0.1, 0.15) is 5.75 Å². The summed E-state index contributed by atoms with van der Waals surface area (Å²) >= 11 is 12.0. The van der Waals surface area contributed by atoms with E-state index in [1.54, 1.807) is 23.1 Å². The number of ether oxygens (including phenoxy) is 1. The van der Waals surface area contributed by atoms with Crippen molar-refractivity contribution >= 4 is 35.0 Å². The highest BCUT2D eigenvalue weighted by Gasteiger charge is 2.25. The lowest BCUT2D eigenvalue weighted by Gasteiger charge is -2.32. The predicted molar refractivity (Wildman–Crippen MR) is 110 cm³/mol. The number of aryl methyl sites for hydroxylation is 1. The van der Waals surface area contributed by atoms with Gasteiger partial charge in [-0.25, -0.2) is 0 Å². The minimum Gasteiger partial charge on any atom is -0.484 e. The van der Waals surface area contributed by atoms with Gasteiger partial charge >= 0.3 is 0 Å². The lowest BCUT2D eigenvalue weighted by molar-refractivity contribution is -0.124. The van der Waals surface area contributed by atoms with E-state index in [0.717, 1.165) is 5.56 Å². The molecular formula is C21H22Cl2N2O3. The molecule has 7 heteroatoms. The number of likely N-dealkylation sites (tertiary alicyclic amines) is 1. The molecule has 0 radical (unpaired) electrons. The van der Waals surface area contributed by atoms with Crippen LogP contribution in [0.15, 0.2) is 42.5 Å². The third-order valence-electron chi connectivity index (χ3n) is 4.70. The summed E-state index contributed by atoms with van der Waals surface area (Å²) in [7, 11) is 0. The Hall–Kier alpha value is -2.24. The zero-order valence-electron chi connectivity index (χ0n) is 15.6. The SMILES string of the molecule is Cc1ccc(OCC(=O)NC2CCN(C(=O)c3ccc(Cl)cc3Cl)CC2)cc1. The fourth-order valence-corrected chi connectivity index (χ4v) is 3.60. The number of hydrogen-bond acceptors (Lipinski definition) is 3. The second-order valence-corrected chi connectivity index (χ2v) is 7.70. The van der Waals surface area contributed by atoms with Crippen molar-refractivity contribution in [1.82, 2.24) is 10.2 Å². The first-order chi connectivity index (χ1) is 13.4. The van der Waals surface area contributed by atoms with Crippen LogP contribution >= 0.6 is 23.2 Å². The van der Waals surface area contributed by atoms with Gasteiger partial charge in [-0.2, -0.15) is 0 Å². The Morgan fingerprint density at radius 1 is 1.11 bits per heavy atom. The van der Waals surface area contributed by atoms with Crippen molar-refractivity contribution in [2.75, 3.05) is 19.7 Å². The first-order valence-electron chi connectivity index (χ1n) is 9.15. The highest BCUT2D eigenvalue weighted by Crippen LogP contribution is 2.23. The number of piperidine rings is 1. The van der Waals surface area contributed by atoms with Gasteiger partial charge in [-0.15, -0.1) is 0 Å². The van der Waals surface area contributed by atoms with E-state index in [4.69, 9.17) is 27.9 Å². The van der Waals surface area contributed by atoms with Crippen molar-refractivity contribution in [2.45, 2.75) is 25.8 Å². The molecule has 0 aliphatic carbocycles. The summed E-state index contributed by atoms with van der Waals surface area (Å²) in [6, 6.07) is 12.4. The molecule has 0 saturated carbocycles. The standard InChI is InChI=1S/C21H22Cl2N2O3/c1-14-2-5-17(6-3-14)28-13-20(26)24-16-8-10-25(11-9-16)21(27)18-7-4-15(22)12-19(18)23/h2-7,12,16H,8-11,13H2,1H3,(H,24,26). The highest BCUT2D eigenvalue weighted by atomic mass is 35.5. The lowest BCUT2D eigenvalue weighted by Crippen LogP contribution is -2.47. The van der Waals surface area contributed by atoms with Crippen LogP contribution in [0.25, 0.3) is 0 Å². The van der Waals surface area contributed by atoms with E-state index in [2.05, 4.69) is 5.32 Å². The molecule has 28 heavy (non-hydrogen) atoms. The molecule has 0 aromatic heterocycles. The maximum Gasteiger partial charge on any atom is 0.258 e. The zero-order chi connectivity index (χ0) is 20.1. The average Bonchev–Trinajstić information content (AvgIpc) is 2.68. The van der Waals surface area contributed by atoms with Crippen LogP contribution in [0, 0.1) is 6.92 Å². The van der Waals surface area contributed by atoms with Gasteiger partial charge in [-0.1, -0.05) is 40.9 Å². The van der Waals surface area contributed by atoms with Gasteiger partial charge in [-0.05, 0) is 50.1 Å². The summed E-state index contributed by atoms with van der Waals surface area (Å²) in [5.74, 6) is 0.390. The van der Waals surface area contributed by atoms with Crippen LogP contribution in [0.1, 0.15) is 28.8 Å². The van der Waals surface area contributed by atoms with Crippen LogP contribution in [-0.2, 0) is 4.79 Å². The number of carbonyl (C=O) groups is 2. The molecule has 0 unspecified atom stereocenters. The minimum atomic E-state index is -0.161. The third-order valence-corrected chi connectivity index (χ3v) is 5.25. The first-order valence-corrected chi connectivity index (χ1v) is 9.91. The van der Waals surface area contributed by atoms with Crippen LogP contribution in [0.2, 0.25) is 10.0 Å². The smallest absolute Gasteiger partial charge is 0.258 e. The fourth-order valence-electron chi connectivity index (χ4n) is 3.11. The normalized spacial score (nSPS) is 14.6. The molecule has 2 amide bonds. The fraction of sp³-hybridized carbons (Fsp3) is 0.333. The molecule has 2 aromatic rings. The summed E-state index contributed by atoms with van der Waals surface area (Å²) in [5.41, 5.74) is 1.58. The largest absolute Gasteiger partial charge is 0.484 e. The van der Waals surface area contributed by atoms with Gasteiger partial charge < -0.3 is 15.0 Å². The Balaban J connectivity index is 1.45.